The highest BCUT2D eigenvalue weighted by Gasteiger charge is 2.46. The lowest BCUT2D eigenvalue weighted by Crippen LogP contribution is -2.44. The molecule has 2 saturated carbocycles. The first-order chi connectivity index (χ1) is 5.63. The van der Waals surface area contributed by atoms with Gasteiger partial charge >= 0.3 is 0 Å². The summed E-state index contributed by atoms with van der Waals surface area (Å²) in [6.07, 6.45) is 6.00. The standard InChI is InChI=1S/C11H18O/c1-8-5-7-11(2)6-3-4-9(8)10(11)12/h8-9H,3-7H2,1-2H3/t8-,9+,11-/m1/s1. The van der Waals surface area contributed by atoms with Gasteiger partial charge in [-0.1, -0.05) is 20.3 Å². The van der Waals surface area contributed by atoms with E-state index < -0.39 is 0 Å². The van der Waals surface area contributed by atoms with E-state index in [-0.39, 0.29) is 5.41 Å². The van der Waals surface area contributed by atoms with Gasteiger partial charge < -0.3 is 0 Å². The quantitative estimate of drug-likeness (QED) is 0.541. The second-order valence-electron chi connectivity index (χ2n) is 4.94. The van der Waals surface area contributed by atoms with Crippen molar-refractivity contribution in [2.24, 2.45) is 17.3 Å². The maximum Gasteiger partial charge on any atom is 0.142 e. The smallest absolute Gasteiger partial charge is 0.142 e. The van der Waals surface area contributed by atoms with Crippen molar-refractivity contribution in [3.63, 3.8) is 0 Å². The zero-order valence-electron chi connectivity index (χ0n) is 8.10. The van der Waals surface area contributed by atoms with Gasteiger partial charge in [0.1, 0.15) is 5.78 Å². The van der Waals surface area contributed by atoms with Crippen LogP contribution < -0.4 is 0 Å². The van der Waals surface area contributed by atoms with Crippen LogP contribution in [0.15, 0.2) is 0 Å². The molecular weight excluding hydrogens is 148 g/mol. The molecule has 2 rings (SSSR count). The van der Waals surface area contributed by atoms with Gasteiger partial charge in [0.25, 0.3) is 0 Å². The Morgan fingerprint density at radius 1 is 1.33 bits per heavy atom. The first-order valence-corrected chi connectivity index (χ1v) is 5.18. The number of hydrogen-bond acceptors (Lipinski definition) is 1. The lowest BCUT2D eigenvalue weighted by atomic mass is 9.59. The Kier molecular flexibility index (Phi) is 1.78. The van der Waals surface area contributed by atoms with Crippen LogP contribution in [0.2, 0.25) is 0 Å². The van der Waals surface area contributed by atoms with E-state index in [1.807, 2.05) is 0 Å². The summed E-state index contributed by atoms with van der Waals surface area (Å²) in [5.41, 5.74) is 0.0788. The van der Waals surface area contributed by atoms with Gasteiger partial charge in [0.15, 0.2) is 0 Å². The van der Waals surface area contributed by atoms with Crippen LogP contribution in [-0.2, 0) is 4.79 Å². The van der Waals surface area contributed by atoms with E-state index in [2.05, 4.69) is 13.8 Å². The Labute approximate surface area is 74.5 Å². The summed E-state index contributed by atoms with van der Waals surface area (Å²) in [4.78, 5) is 11.9. The fourth-order valence-corrected chi connectivity index (χ4v) is 2.95. The molecule has 1 nitrogen and oxygen atoms in total. The predicted octanol–water partition coefficient (Wildman–Crippen LogP) is 2.79. The third-order valence-corrected chi connectivity index (χ3v) is 4.01. The van der Waals surface area contributed by atoms with Crippen LogP contribution >= 0.6 is 0 Å². The second-order valence-corrected chi connectivity index (χ2v) is 4.94. The van der Waals surface area contributed by atoms with Crippen molar-refractivity contribution in [1.82, 2.24) is 0 Å². The Morgan fingerprint density at radius 2 is 2.08 bits per heavy atom. The van der Waals surface area contributed by atoms with Crippen LogP contribution in [-0.4, -0.2) is 5.78 Å². The molecular formula is C11H18O. The molecule has 0 spiro atoms. The van der Waals surface area contributed by atoms with E-state index in [4.69, 9.17) is 0 Å². The van der Waals surface area contributed by atoms with Gasteiger partial charge in [0, 0.05) is 11.3 Å². The second kappa shape index (κ2) is 2.58. The summed E-state index contributed by atoms with van der Waals surface area (Å²) in [7, 11) is 0. The minimum absolute atomic E-state index is 0.0788. The maximum atomic E-state index is 11.9. The molecule has 2 bridgehead atoms. The molecule has 0 N–H and O–H groups in total. The number of hydrogen-bond donors (Lipinski definition) is 0. The minimum Gasteiger partial charge on any atom is -0.299 e. The molecule has 0 heterocycles. The maximum absolute atomic E-state index is 11.9. The van der Waals surface area contributed by atoms with Gasteiger partial charge in [-0.15, -0.1) is 0 Å². The van der Waals surface area contributed by atoms with Crippen molar-refractivity contribution in [3.05, 3.63) is 0 Å². The van der Waals surface area contributed by atoms with Crippen LogP contribution in [0.5, 0.6) is 0 Å². The fraction of sp³-hybridized carbons (Fsp3) is 0.909. The van der Waals surface area contributed by atoms with E-state index in [1.54, 1.807) is 0 Å². The molecule has 2 fully saturated rings. The summed E-state index contributed by atoms with van der Waals surface area (Å²) >= 11 is 0. The molecule has 0 saturated heterocycles. The number of Topliss-reactive ketones (excluding diaryl/α,β-unsaturated/α-hetero) is 1. The van der Waals surface area contributed by atoms with Crippen molar-refractivity contribution in [3.8, 4) is 0 Å². The topological polar surface area (TPSA) is 17.1 Å². The number of ketones is 1. The lowest BCUT2D eigenvalue weighted by molar-refractivity contribution is -0.141. The third kappa shape index (κ3) is 1.02. The van der Waals surface area contributed by atoms with Crippen LogP contribution in [0.1, 0.15) is 46.0 Å². The lowest BCUT2D eigenvalue weighted by Gasteiger charge is -2.44. The van der Waals surface area contributed by atoms with Crippen LogP contribution in [0.3, 0.4) is 0 Å². The highest BCUT2D eigenvalue weighted by Crippen LogP contribution is 2.47. The van der Waals surface area contributed by atoms with Crippen molar-refractivity contribution < 1.29 is 4.79 Å². The number of carbonyl (C=O) groups is 1. The molecule has 2 aliphatic rings. The van der Waals surface area contributed by atoms with Gasteiger partial charge in [-0.05, 0) is 31.6 Å². The molecule has 3 atom stereocenters. The zero-order valence-corrected chi connectivity index (χ0v) is 8.10. The van der Waals surface area contributed by atoms with Crippen molar-refractivity contribution in [2.45, 2.75) is 46.0 Å². The number of fused-ring (bicyclic) bond motifs is 2. The highest BCUT2D eigenvalue weighted by atomic mass is 16.1. The predicted molar refractivity (Wildman–Crippen MR) is 48.9 cm³/mol. The molecule has 2 aliphatic carbocycles. The summed E-state index contributed by atoms with van der Waals surface area (Å²) in [6, 6.07) is 0. The Balaban J connectivity index is 2.25. The summed E-state index contributed by atoms with van der Waals surface area (Å²) in [6.45, 7) is 4.42. The van der Waals surface area contributed by atoms with Crippen LogP contribution in [0.4, 0.5) is 0 Å². The number of rotatable bonds is 0. The number of carbonyl (C=O) groups excluding carboxylic acids is 1. The molecule has 0 aromatic carbocycles. The largest absolute Gasteiger partial charge is 0.299 e. The molecule has 1 heteroatoms. The SMILES string of the molecule is C[C@@H]1CC[C@@]2(C)CCC[C@@H]1C2=O. The molecule has 0 aromatic heterocycles. The van der Waals surface area contributed by atoms with E-state index in [0.29, 0.717) is 17.6 Å². The Morgan fingerprint density at radius 3 is 2.75 bits per heavy atom. The van der Waals surface area contributed by atoms with E-state index >= 15 is 0 Å². The Hall–Kier alpha value is -0.330. The van der Waals surface area contributed by atoms with Gasteiger partial charge in [-0.2, -0.15) is 0 Å². The normalized spacial score (nSPS) is 47.7. The zero-order chi connectivity index (χ0) is 8.77. The summed E-state index contributed by atoms with van der Waals surface area (Å²) in [5, 5.41) is 0. The van der Waals surface area contributed by atoms with Gasteiger partial charge in [-0.25, -0.2) is 0 Å². The average molecular weight is 166 g/mol. The highest BCUT2D eigenvalue weighted by molar-refractivity contribution is 5.88. The Bertz CT molecular complexity index is 209. The van der Waals surface area contributed by atoms with Gasteiger partial charge in [-0.3, -0.25) is 4.79 Å². The van der Waals surface area contributed by atoms with E-state index in [0.717, 1.165) is 19.3 Å². The summed E-state index contributed by atoms with van der Waals surface area (Å²) in [5.74, 6) is 1.65. The fourth-order valence-electron chi connectivity index (χ4n) is 2.95. The molecule has 0 radical (unpaired) electrons. The average Bonchev–Trinajstić information content (AvgIpc) is 2.03. The molecule has 68 valence electrons. The van der Waals surface area contributed by atoms with Crippen LogP contribution in [0.25, 0.3) is 0 Å². The third-order valence-electron chi connectivity index (χ3n) is 4.01. The van der Waals surface area contributed by atoms with Crippen LogP contribution in [0, 0.1) is 17.3 Å². The monoisotopic (exact) mass is 166 g/mol. The molecule has 0 aromatic rings. The first-order valence-electron chi connectivity index (χ1n) is 5.18. The van der Waals surface area contributed by atoms with E-state index in [1.165, 1.54) is 12.8 Å². The molecule has 12 heavy (non-hydrogen) atoms. The first kappa shape index (κ1) is 8.28. The van der Waals surface area contributed by atoms with Gasteiger partial charge in [0.05, 0.1) is 0 Å². The molecule has 0 unspecified atom stereocenters. The summed E-state index contributed by atoms with van der Waals surface area (Å²) < 4.78 is 0. The minimum atomic E-state index is 0.0788. The van der Waals surface area contributed by atoms with Crippen molar-refractivity contribution in [1.29, 1.82) is 0 Å². The van der Waals surface area contributed by atoms with Gasteiger partial charge in [0.2, 0.25) is 0 Å². The van der Waals surface area contributed by atoms with Crippen molar-refractivity contribution >= 4 is 5.78 Å². The molecule has 0 aliphatic heterocycles. The van der Waals surface area contributed by atoms with E-state index in [9.17, 15) is 4.79 Å². The molecule has 0 amide bonds. The van der Waals surface area contributed by atoms with Crippen molar-refractivity contribution in [2.75, 3.05) is 0 Å².